The standard InChI is InChI=1S/C16H13N3O2/c1-9-13(6-10-7-18-16(17)19-8-10)15(21)12-5-3-2-4-11(12)14(9)20/h2-5,7-8H,6H2,1H3,(H2,17,18,19). The number of nitrogens with two attached hydrogens (primary N) is 1. The van der Waals surface area contributed by atoms with Gasteiger partial charge < -0.3 is 5.73 Å². The van der Waals surface area contributed by atoms with Crippen molar-refractivity contribution in [2.75, 3.05) is 5.73 Å². The fraction of sp³-hybridized carbons (Fsp3) is 0.125. The van der Waals surface area contributed by atoms with Gasteiger partial charge in [0.1, 0.15) is 0 Å². The van der Waals surface area contributed by atoms with Crippen LogP contribution in [0.25, 0.3) is 0 Å². The number of nitrogen functional groups attached to an aromatic ring is 1. The summed E-state index contributed by atoms with van der Waals surface area (Å²) in [5.41, 5.74) is 8.10. The van der Waals surface area contributed by atoms with Crippen molar-refractivity contribution in [2.24, 2.45) is 0 Å². The molecule has 2 N–H and O–H groups in total. The SMILES string of the molecule is CC1=C(Cc2cnc(N)nc2)C(=O)c2ccccc2C1=O. The Morgan fingerprint density at radius 3 is 2.19 bits per heavy atom. The number of carbonyl (C=O) groups excluding carboxylic acids is 2. The van der Waals surface area contributed by atoms with Gasteiger partial charge in [0.15, 0.2) is 11.6 Å². The molecule has 21 heavy (non-hydrogen) atoms. The second-order valence-corrected chi connectivity index (χ2v) is 4.93. The molecule has 0 amide bonds. The molecule has 1 aliphatic carbocycles. The molecule has 0 radical (unpaired) electrons. The Morgan fingerprint density at radius 2 is 1.57 bits per heavy atom. The Bertz CT molecular complexity index is 776. The molecule has 5 nitrogen and oxygen atoms in total. The predicted molar refractivity (Wildman–Crippen MR) is 78.0 cm³/mol. The van der Waals surface area contributed by atoms with E-state index in [4.69, 9.17) is 5.73 Å². The van der Waals surface area contributed by atoms with Gasteiger partial charge in [-0.25, -0.2) is 9.97 Å². The number of carbonyl (C=O) groups is 2. The Labute approximate surface area is 121 Å². The van der Waals surface area contributed by atoms with Crippen LogP contribution in [0.4, 0.5) is 5.95 Å². The number of aromatic nitrogens is 2. The molecule has 5 heteroatoms. The number of rotatable bonds is 2. The van der Waals surface area contributed by atoms with E-state index in [0.717, 1.165) is 5.56 Å². The van der Waals surface area contributed by atoms with Crippen LogP contribution in [0.2, 0.25) is 0 Å². The minimum atomic E-state index is -0.112. The molecular weight excluding hydrogens is 266 g/mol. The van der Waals surface area contributed by atoms with Crippen molar-refractivity contribution in [3.8, 4) is 0 Å². The molecule has 0 saturated carbocycles. The smallest absolute Gasteiger partial charge is 0.219 e. The van der Waals surface area contributed by atoms with E-state index < -0.39 is 0 Å². The lowest BCUT2D eigenvalue weighted by molar-refractivity contribution is 0.0973. The van der Waals surface area contributed by atoms with Gasteiger partial charge in [-0.15, -0.1) is 0 Å². The first-order chi connectivity index (χ1) is 10.1. The highest BCUT2D eigenvalue weighted by Gasteiger charge is 2.29. The van der Waals surface area contributed by atoms with Crippen molar-refractivity contribution in [1.82, 2.24) is 9.97 Å². The summed E-state index contributed by atoms with van der Waals surface area (Å²) >= 11 is 0. The number of benzene rings is 1. The van der Waals surface area contributed by atoms with E-state index in [1.54, 1.807) is 43.6 Å². The maximum atomic E-state index is 12.6. The maximum Gasteiger partial charge on any atom is 0.219 e. The first kappa shape index (κ1) is 13.2. The van der Waals surface area contributed by atoms with E-state index in [0.29, 0.717) is 28.7 Å². The average Bonchev–Trinajstić information content (AvgIpc) is 2.51. The topological polar surface area (TPSA) is 85.9 Å². The molecule has 0 bridgehead atoms. The fourth-order valence-electron chi connectivity index (χ4n) is 2.42. The summed E-state index contributed by atoms with van der Waals surface area (Å²) in [6, 6.07) is 6.88. The zero-order chi connectivity index (χ0) is 15.0. The van der Waals surface area contributed by atoms with E-state index in [1.807, 2.05) is 0 Å². The molecule has 0 atom stereocenters. The van der Waals surface area contributed by atoms with E-state index in [-0.39, 0.29) is 17.5 Å². The van der Waals surface area contributed by atoms with E-state index in [9.17, 15) is 9.59 Å². The molecule has 1 aromatic heterocycles. The highest BCUT2D eigenvalue weighted by atomic mass is 16.1. The summed E-state index contributed by atoms with van der Waals surface area (Å²) in [5, 5.41) is 0. The van der Waals surface area contributed by atoms with Gasteiger partial charge in [0.2, 0.25) is 5.95 Å². The summed E-state index contributed by atoms with van der Waals surface area (Å²) in [6.45, 7) is 1.68. The Hall–Kier alpha value is -2.82. The number of fused-ring (bicyclic) bond motifs is 1. The largest absolute Gasteiger partial charge is 0.368 e. The average molecular weight is 279 g/mol. The number of nitrogens with zero attached hydrogens (tertiary/aromatic N) is 2. The van der Waals surface area contributed by atoms with E-state index >= 15 is 0 Å². The van der Waals surface area contributed by atoms with Gasteiger partial charge in [-0.05, 0) is 12.5 Å². The van der Waals surface area contributed by atoms with Crippen LogP contribution in [0.3, 0.4) is 0 Å². The van der Waals surface area contributed by atoms with E-state index in [2.05, 4.69) is 9.97 Å². The van der Waals surface area contributed by atoms with Crippen molar-refractivity contribution < 1.29 is 9.59 Å². The Kier molecular flexibility index (Phi) is 3.10. The van der Waals surface area contributed by atoms with Crippen molar-refractivity contribution in [1.29, 1.82) is 0 Å². The molecule has 0 unspecified atom stereocenters. The molecule has 1 aliphatic rings. The number of hydrogen-bond donors (Lipinski definition) is 1. The number of Topliss-reactive ketones (excluding diaryl/α,β-unsaturated/α-hetero) is 2. The lowest BCUT2D eigenvalue weighted by Gasteiger charge is -2.18. The minimum Gasteiger partial charge on any atom is -0.368 e. The second-order valence-electron chi connectivity index (χ2n) is 4.93. The van der Waals surface area contributed by atoms with Crippen LogP contribution in [0, 0.1) is 0 Å². The summed E-state index contributed by atoms with van der Waals surface area (Å²) < 4.78 is 0. The highest BCUT2D eigenvalue weighted by molar-refractivity contribution is 6.26. The number of anilines is 1. The summed E-state index contributed by atoms with van der Waals surface area (Å²) in [7, 11) is 0. The van der Waals surface area contributed by atoms with Gasteiger partial charge in [0.25, 0.3) is 0 Å². The Morgan fingerprint density at radius 1 is 1.00 bits per heavy atom. The van der Waals surface area contributed by atoms with Crippen LogP contribution in [-0.2, 0) is 6.42 Å². The Balaban J connectivity index is 2.02. The molecule has 0 aliphatic heterocycles. The van der Waals surface area contributed by atoms with Crippen molar-refractivity contribution in [3.63, 3.8) is 0 Å². The zero-order valence-electron chi connectivity index (χ0n) is 11.5. The molecule has 0 spiro atoms. The van der Waals surface area contributed by atoms with Gasteiger partial charge in [-0.1, -0.05) is 24.3 Å². The molecule has 1 heterocycles. The third-order valence-corrected chi connectivity index (χ3v) is 3.59. The van der Waals surface area contributed by atoms with Crippen molar-refractivity contribution >= 4 is 17.5 Å². The first-order valence-corrected chi connectivity index (χ1v) is 6.52. The van der Waals surface area contributed by atoms with Gasteiger partial charge in [0, 0.05) is 41.1 Å². The van der Waals surface area contributed by atoms with Gasteiger partial charge >= 0.3 is 0 Å². The first-order valence-electron chi connectivity index (χ1n) is 6.52. The summed E-state index contributed by atoms with van der Waals surface area (Å²) in [5.74, 6) is -0.0306. The van der Waals surface area contributed by atoms with Gasteiger partial charge in [0.05, 0.1) is 0 Å². The highest BCUT2D eigenvalue weighted by Crippen LogP contribution is 2.27. The van der Waals surface area contributed by atoms with Crippen LogP contribution in [0.1, 0.15) is 33.2 Å². The van der Waals surface area contributed by atoms with Crippen LogP contribution in [0.5, 0.6) is 0 Å². The molecular formula is C16H13N3O2. The third kappa shape index (κ3) is 2.23. The number of ketones is 2. The van der Waals surface area contributed by atoms with Crippen LogP contribution in [-0.4, -0.2) is 21.5 Å². The monoisotopic (exact) mass is 279 g/mol. The predicted octanol–water partition coefficient (Wildman–Crippen LogP) is 2.00. The number of allylic oxidation sites excluding steroid dienone is 2. The fourth-order valence-corrected chi connectivity index (χ4v) is 2.42. The minimum absolute atomic E-state index is 0.100. The van der Waals surface area contributed by atoms with Crippen molar-refractivity contribution in [3.05, 3.63) is 64.5 Å². The van der Waals surface area contributed by atoms with Crippen molar-refractivity contribution in [2.45, 2.75) is 13.3 Å². The molecule has 0 saturated heterocycles. The molecule has 2 aromatic rings. The zero-order valence-corrected chi connectivity index (χ0v) is 11.5. The molecule has 3 rings (SSSR count). The molecule has 104 valence electrons. The third-order valence-electron chi connectivity index (χ3n) is 3.59. The van der Waals surface area contributed by atoms with Crippen LogP contribution in [0.15, 0.2) is 47.8 Å². The lowest BCUT2D eigenvalue weighted by atomic mass is 9.82. The summed E-state index contributed by atoms with van der Waals surface area (Å²) in [4.78, 5) is 32.7. The quantitative estimate of drug-likeness (QED) is 0.908. The van der Waals surface area contributed by atoms with Crippen LogP contribution < -0.4 is 5.73 Å². The lowest BCUT2D eigenvalue weighted by Crippen LogP contribution is -2.22. The molecule has 1 aromatic carbocycles. The summed E-state index contributed by atoms with van der Waals surface area (Å²) in [6.07, 6.45) is 3.47. The van der Waals surface area contributed by atoms with Crippen LogP contribution >= 0.6 is 0 Å². The normalized spacial score (nSPS) is 14.3. The van der Waals surface area contributed by atoms with Gasteiger partial charge in [-0.2, -0.15) is 0 Å². The van der Waals surface area contributed by atoms with Gasteiger partial charge in [-0.3, -0.25) is 9.59 Å². The second kappa shape index (κ2) is 4.94. The maximum absolute atomic E-state index is 12.6. The van der Waals surface area contributed by atoms with E-state index in [1.165, 1.54) is 0 Å². The number of hydrogen-bond acceptors (Lipinski definition) is 5. The molecule has 0 fully saturated rings.